The standard InChI is InChI=1S/C12H19N3/c1-4-10-8-14-6-5-11(10)12(15-13)7-9(2)3/h5-6,8,12,15H,2,4,7,13H2,1,3H3. The molecule has 15 heavy (non-hydrogen) atoms. The number of pyridine rings is 1. The van der Waals surface area contributed by atoms with Crippen molar-refractivity contribution in [3.63, 3.8) is 0 Å². The molecule has 1 rings (SSSR count). The van der Waals surface area contributed by atoms with Crippen LogP contribution in [0.3, 0.4) is 0 Å². The smallest absolute Gasteiger partial charge is 0.0500 e. The molecule has 0 fully saturated rings. The average molecular weight is 205 g/mol. The first kappa shape index (κ1) is 11.9. The van der Waals surface area contributed by atoms with Crippen LogP contribution >= 0.6 is 0 Å². The highest BCUT2D eigenvalue weighted by molar-refractivity contribution is 5.27. The number of hydrogen-bond acceptors (Lipinski definition) is 3. The van der Waals surface area contributed by atoms with Crippen molar-refractivity contribution in [3.05, 3.63) is 41.7 Å². The third-order valence-electron chi connectivity index (χ3n) is 2.45. The molecular formula is C12H19N3. The number of aromatic nitrogens is 1. The van der Waals surface area contributed by atoms with Gasteiger partial charge in [-0.05, 0) is 37.0 Å². The Morgan fingerprint density at radius 3 is 2.93 bits per heavy atom. The minimum absolute atomic E-state index is 0.139. The quantitative estimate of drug-likeness (QED) is 0.440. The average Bonchev–Trinajstić information content (AvgIpc) is 2.25. The highest BCUT2D eigenvalue weighted by atomic mass is 15.2. The van der Waals surface area contributed by atoms with E-state index < -0.39 is 0 Å². The van der Waals surface area contributed by atoms with Crippen LogP contribution in [0, 0.1) is 0 Å². The van der Waals surface area contributed by atoms with Crippen molar-refractivity contribution in [1.82, 2.24) is 10.4 Å². The first-order chi connectivity index (χ1) is 7.19. The summed E-state index contributed by atoms with van der Waals surface area (Å²) in [6, 6.07) is 2.16. The molecule has 0 radical (unpaired) electrons. The highest BCUT2D eigenvalue weighted by Crippen LogP contribution is 2.22. The molecule has 0 amide bonds. The Labute approximate surface area is 91.4 Å². The van der Waals surface area contributed by atoms with Crippen molar-refractivity contribution in [1.29, 1.82) is 0 Å². The van der Waals surface area contributed by atoms with Gasteiger partial charge in [0.1, 0.15) is 0 Å². The first-order valence-electron chi connectivity index (χ1n) is 5.22. The van der Waals surface area contributed by atoms with Gasteiger partial charge in [0.05, 0.1) is 6.04 Å². The van der Waals surface area contributed by atoms with E-state index in [1.165, 1.54) is 11.1 Å². The molecule has 3 heteroatoms. The summed E-state index contributed by atoms with van der Waals surface area (Å²) in [4.78, 5) is 4.12. The van der Waals surface area contributed by atoms with Crippen molar-refractivity contribution in [3.8, 4) is 0 Å². The monoisotopic (exact) mass is 205 g/mol. The molecule has 1 unspecified atom stereocenters. The molecule has 0 spiro atoms. The minimum Gasteiger partial charge on any atom is -0.271 e. The van der Waals surface area contributed by atoms with Crippen LogP contribution in [0.5, 0.6) is 0 Å². The number of nitrogens with one attached hydrogen (secondary N) is 1. The SMILES string of the molecule is C=C(C)CC(NN)c1ccncc1CC. The van der Waals surface area contributed by atoms with Gasteiger partial charge in [0.2, 0.25) is 0 Å². The maximum Gasteiger partial charge on any atom is 0.0500 e. The molecule has 0 saturated carbocycles. The normalized spacial score (nSPS) is 12.5. The van der Waals surface area contributed by atoms with E-state index in [1.807, 2.05) is 19.2 Å². The maximum absolute atomic E-state index is 5.57. The zero-order valence-electron chi connectivity index (χ0n) is 9.46. The molecule has 1 aromatic heterocycles. The second-order valence-corrected chi connectivity index (χ2v) is 3.81. The molecule has 0 bridgehead atoms. The van der Waals surface area contributed by atoms with Gasteiger partial charge in [-0.3, -0.25) is 16.3 Å². The third-order valence-corrected chi connectivity index (χ3v) is 2.45. The molecule has 0 aliphatic carbocycles. The lowest BCUT2D eigenvalue weighted by molar-refractivity contribution is 0.545. The summed E-state index contributed by atoms with van der Waals surface area (Å²) in [5, 5.41) is 0. The Morgan fingerprint density at radius 1 is 1.67 bits per heavy atom. The maximum atomic E-state index is 5.57. The summed E-state index contributed by atoms with van der Waals surface area (Å²) < 4.78 is 0. The Hall–Kier alpha value is -1.19. The van der Waals surface area contributed by atoms with Gasteiger partial charge in [-0.25, -0.2) is 0 Å². The zero-order chi connectivity index (χ0) is 11.3. The largest absolute Gasteiger partial charge is 0.271 e. The lowest BCUT2D eigenvalue weighted by Gasteiger charge is -2.18. The molecule has 0 aliphatic rings. The Bertz CT molecular complexity index is 333. The molecule has 3 nitrogen and oxygen atoms in total. The fraction of sp³-hybridized carbons (Fsp3) is 0.417. The Morgan fingerprint density at radius 2 is 2.40 bits per heavy atom. The van der Waals surface area contributed by atoms with Gasteiger partial charge in [0.15, 0.2) is 0 Å². The van der Waals surface area contributed by atoms with Gasteiger partial charge in [0.25, 0.3) is 0 Å². The van der Waals surface area contributed by atoms with Crippen LogP contribution in [-0.4, -0.2) is 4.98 Å². The van der Waals surface area contributed by atoms with Crippen LogP contribution in [-0.2, 0) is 6.42 Å². The van der Waals surface area contributed by atoms with Crippen LogP contribution in [0.4, 0.5) is 0 Å². The highest BCUT2D eigenvalue weighted by Gasteiger charge is 2.12. The van der Waals surface area contributed by atoms with E-state index in [-0.39, 0.29) is 6.04 Å². The summed E-state index contributed by atoms with van der Waals surface area (Å²) in [6.07, 6.45) is 5.53. The van der Waals surface area contributed by atoms with Crippen molar-refractivity contribution < 1.29 is 0 Å². The molecule has 3 N–H and O–H groups in total. The van der Waals surface area contributed by atoms with Crippen molar-refractivity contribution in [2.24, 2.45) is 5.84 Å². The van der Waals surface area contributed by atoms with E-state index in [1.54, 1.807) is 6.20 Å². The summed E-state index contributed by atoms with van der Waals surface area (Å²) in [6.45, 7) is 8.04. The molecule has 1 atom stereocenters. The van der Waals surface area contributed by atoms with Crippen molar-refractivity contribution >= 4 is 0 Å². The van der Waals surface area contributed by atoms with Gasteiger partial charge in [-0.15, -0.1) is 6.58 Å². The topological polar surface area (TPSA) is 50.9 Å². The fourth-order valence-corrected chi connectivity index (χ4v) is 1.68. The summed E-state index contributed by atoms with van der Waals surface area (Å²) in [5.74, 6) is 5.57. The molecule has 1 aromatic rings. The van der Waals surface area contributed by atoms with E-state index in [4.69, 9.17) is 5.84 Å². The molecular weight excluding hydrogens is 186 g/mol. The van der Waals surface area contributed by atoms with Crippen LogP contribution in [0.1, 0.15) is 37.4 Å². The molecule has 0 aromatic carbocycles. The van der Waals surface area contributed by atoms with Crippen LogP contribution in [0.25, 0.3) is 0 Å². The van der Waals surface area contributed by atoms with E-state index in [0.29, 0.717) is 0 Å². The lowest BCUT2D eigenvalue weighted by atomic mass is 9.96. The molecule has 1 heterocycles. The Balaban J connectivity index is 2.95. The molecule has 0 aliphatic heterocycles. The van der Waals surface area contributed by atoms with E-state index in [0.717, 1.165) is 18.4 Å². The number of nitrogens with zero attached hydrogens (tertiary/aromatic N) is 1. The van der Waals surface area contributed by atoms with E-state index >= 15 is 0 Å². The summed E-state index contributed by atoms with van der Waals surface area (Å²) in [7, 11) is 0. The van der Waals surface area contributed by atoms with Crippen molar-refractivity contribution in [2.75, 3.05) is 0 Å². The van der Waals surface area contributed by atoms with Gasteiger partial charge >= 0.3 is 0 Å². The number of rotatable bonds is 5. The Kier molecular flexibility index (Phi) is 4.46. The predicted octanol–water partition coefficient (Wildman–Crippen LogP) is 2.11. The lowest BCUT2D eigenvalue weighted by Crippen LogP contribution is -2.29. The first-order valence-corrected chi connectivity index (χ1v) is 5.22. The summed E-state index contributed by atoms with van der Waals surface area (Å²) >= 11 is 0. The van der Waals surface area contributed by atoms with Crippen LogP contribution in [0.2, 0.25) is 0 Å². The predicted molar refractivity (Wildman–Crippen MR) is 63.1 cm³/mol. The van der Waals surface area contributed by atoms with Gasteiger partial charge in [-0.1, -0.05) is 12.5 Å². The number of hydrogen-bond donors (Lipinski definition) is 2. The second kappa shape index (κ2) is 5.63. The zero-order valence-corrected chi connectivity index (χ0v) is 9.46. The third kappa shape index (κ3) is 3.15. The van der Waals surface area contributed by atoms with Gasteiger partial charge in [-0.2, -0.15) is 0 Å². The summed E-state index contributed by atoms with van der Waals surface area (Å²) in [5.41, 5.74) is 6.42. The second-order valence-electron chi connectivity index (χ2n) is 3.81. The van der Waals surface area contributed by atoms with Crippen molar-refractivity contribution in [2.45, 2.75) is 32.7 Å². The fourth-order valence-electron chi connectivity index (χ4n) is 1.68. The molecule has 0 saturated heterocycles. The van der Waals surface area contributed by atoms with Gasteiger partial charge < -0.3 is 0 Å². The van der Waals surface area contributed by atoms with Crippen LogP contribution < -0.4 is 11.3 Å². The molecule has 82 valence electrons. The van der Waals surface area contributed by atoms with Crippen LogP contribution in [0.15, 0.2) is 30.6 Å². The van der Waals surface area contributed by atoms with Gasteiger partial charge in [0, 0.05) is 12.4 Å². The number of nitrogens with two attached hydrogens (primary N) is 1. The number of aryl methyl sites for hydroxylation is 1. The number of hydrazine groups is 1. The minimum atomic E-state index is 0.139. The van der Waals surface area contributed by atoms with E-state index in [2.05, 4.69) is 23.9 Å². The van der Waals surface area contributed by atoms with E-state index in [9.17, 15) is 0 Å².